The topological polar surface area (TPSA) is 49.9 Å². The van der Waals surface area contributed by atoms with Crippen molar-refractivity contribution in [3.8, 4) is 0 Å². The first-order valence-corrected chi connectivity index (χ1v) is 7.41. The van der Waals surface area contributed by atoms with E-state index in [0.29, 0.717) is 18.7 Å². The van der Waals surface area contributed by atoms with Gasteiger partial charge in [0, 0.05) is 25.7 Å². The van der Waals surface area contributed by atoms with E-state index in [-0.39, 0.29) is 18.4 Å². The van der Waals surface area contributed by atoms with E-state index in [4.69, 9.17) is 4.74 Å². The molecule has 22 heavy (non-hydrogen) atoms. The molecule has 0 aromatic heterocycles. The summed E-state index contributed by atoms with van der Waals surface area (Å²) in [6, 6.07) is 5.41. The van der Waals surface area contributed by atoms with Gasteiger partial charge in [0.05, 0.1) is 6.04 Å². The minimum Gasteiger partial charge on any atom is -0.356 e. The first-order valence-electron chi connectivity index (χ1n) is 7.41. The molecule has 120 valence electrons. The number of morpholine rings is 1. The first-order chi connectivity index (χ1) is 10.5. The Morgan fingerprint density at radius 1 is 1.36 bits per heavy atom. The van der Waals surface area contributed by atoms with Gasteiger partial charge in [-0.15, -0.1) is 0 Å². The average Bonchev–Trinajstić information content (AvgIpc) is 2.52. The zero-order valence-electron chi connectivity index (χ0n) is 13.1. The van der Waals surface area contributed by atoms with Crippen molar-refractivity contribution in [2.24, 2.45) is 0 Å². The maximum Gasteiger partial charge on any atom is 0.254 e. The van der Waals surface area contributed by atoms with Gasteiger partial charge >= 0.3 is 0 Å². The largest absolute Gasteiger partial charge is 0.356 e. The lowest BCUT2D eigenvalue weighted by Gasteiger charge is -2.40. The standard InChI is InChI=1S/C16H21FN2O3/c1-4-19(5-2)16(21)15-14(18(3)13(20)10-22-15)11-8-6-7-9-12(11)17/h6-9,14-15H,4-5,10H2,1-3H3/t14-,15-/m0/s1. The van der Waals surface area contributed by atoms with Crippen LogP contribution in [0.3, 0.4) is 0 Å². The first kappa shape index (κ1) is 16.4. The molecule has 0 radical (unpaired) electrons. The van der Waals surface area contributed by atoms with Crippen molar-refractivity contribution in [3.63, 3.8) is 0 Å². The summed E-state index contributed by atoms with van der Waals surface area (Å²) in [6.45, 7) is 4.65. The van der Waals surface area contributed by atoms with E-state index in [1.54, 1.807) is 30.1 Å². The van der Waals surface area contributed by atoms with E-state index in [2.05, 4.69) is 0 Å². The minimum atomic E-state index is -0.889. The number of ether oxygens (including phenoxy) is 1. The molecule has 1 heterocycles. The number of hydrogen-bond acceptors (Lipinski definition) is 3. The number of benzene rings is 1. The molecule has 0 aliphatic carbocycles. The molecule has 1 aromatic carbocycles. The zero-order valence-corrected chi connectivity index (χ0v) is 13.1. The molecule has 2 amide bonds. The highest BCUT2D eigenvalue weighted by Gasteiger charge is 2.42. The molecule has 2 rings (SSSR count). The second-order valence-electron chi connectivity index (χ2n) is 5.21. The minimum absolute atomic E-state index is 0.168. The maximum atomic E-state index is 14.2. The SMILES string of the molecule is CCN(CC)C(=O)[C@H]1OCC(=O)N(C)[C@H]1c1ccccc1F. The molecule has 2 atom stereocenters. The van der Waals surface area contributed by atoms with Crippen LogP contribution in [0.4, 0.5) is 4.39 Å². The Balaban J connectivity index is 2.40. The number of carbonyl (C=O) groups excluding carboxylic acids is 2. The third-order valence-corrected chi connectivity index (χ3v) is 4.03. The Morgan fingerprint density at radius 3 is 2.59 bits per heavy atom. The number of halogens is 1. The van der Waals surface area contributed by atoms with Crippen LogP contribution in [0, 0.1) is 5.82 Å². The van der Waals surface area contributed by atoms with Crippen molar-refractivity contribution in [1.29, 1.82) is 0 Å². The van der Waals surface area contributed by atoms with Crippen molar-refractivity contribution < 1.29 is 18.7 Å². The summed E-state index contributed by atoms with van der Waals surface area (Å²) < 4.78 is 19.6. The fourth-order valence-electron chi connectivity index (χ4n) is 2.72. The van der Waals surface area contributed by atoms with E-state index in [1.165, 1.54) is 11.0 Å². The Labute approximate surface area is 129 Å². The lowest BCUT2D eigenvalue weighted by molar-refractivity contribution is -0.167. The quantitative estimate of drug-likeness (QED) is 0.849. The van der Waals surface area contributed by atoms with Gasteiger partial charge in [-0.3, -0.25) is 9.59 Å². The van der Waals surface area contributed by atoms with Crippen LogP contribution >= 0.6 is 0 Å². The van der Waals surface area contributed by atoms with Crippen LogP contribution in [0.2, 0.25) is 0 Å². The maximum absolute atomic E-state index is 14.2. The zero-order chi connectivity index (χ0) is 16.3. The summed E-state index contributed by atoms with van der Waals surface area (Å²) in [5.74, 6) is -0.940. The molecule has 0 unspecified atom stereocenters. The van der Waals surface area contributed by atoms with Gasteiger partial charge in [-0.1, -0.05) is 18.2 Å². The van der Waals surface area contributed by atoms with Crippen LogP contribution in [-0.4, -0.2) is 54.5 Å². The Bertz CT molecular complexity index is 560. The van der Waals surface area contributed by atoms with Crippen LogP contribution in [-0.2, 0) is 14.3 Å². The van der Waals surface area contributed by atoms with Gasteiger partial charge < -0.3 is 14.5 Å². The molecular weight excluding hydrogens is 287 g/mol. The van der Waals surface area contributed by atoms with E-state index >= 15 is 0 Å². The smallest absolute Gasteiger partial charge is 0.254 e. The highest BCUT2D eigenvalue weighted by molar-refractivity contribution is 5.86. The molecule has 0 spiro atoms. The van der Waals surface area contributed by atoms with Crippen molar-refractivity contribution >= 4 is 11.8 Å². The summed E-state index contributed by atoms with van der Waals surface area (Å²) in [6.07, 6.45) is -0.889. The highest BCUT2D eigenvalue weighted by atomic mass is 19.1. The van der Waals surface area contributed by atoms with Gasteiger partial charge in [-0.2, -0.15) is 0 Å². The summed E-state index contributed by atoms with van der Waals surface area (Å²) in [5.41, 5.74) is 0.295. The second-order valence-corrected chi connectivity index (χ2v) is 5.21. The lowest BCUT2D eigenvalue weighted by Crippen LogP contribution is -2.54. The number of hydrogen-bond donors (Lipinski definition) is 0. The van der Waals surface area contributed by atoms with Crippen molar-refractivity contribution in [2.75, 3.05) is 26.7 Å². The summed E-state index contributed by atoms with van der Waals surface area (Å²) in [7, 11) is 1.57. The molecule has 5 nitrogen and oxygen atoms in total. The Hall–Kier alpha value is -1.95. The van der Waals surface area contributed by atoms with Gasteiger partial charge in [-0.05, 0) is 19.9 Å². The van der Waals surface area contributed by atoms with Crippen molar-refractivity contribution in [3.05, 3.63) is 35.6 Å². The van der Waals surface area contributed by atoms with Gasteiger partial charge in [-0.25, -0.2) is 4.39 Å². The molecule has 6 heteroatoms. The number of rotatable bonds is 4. The molecule has 1 fully saturated rings. The van der Waals surface area contributed by atoms with E-state index in [9.17, 15) is 14.0 Å². The Kier molecular flexibility index (Phi) is 5.13. The summed E-state index contributed by atoms with van der Waals surface area (Å²) in [4.78, 5) is 27.6. The van der Waals surface area contributed by atoms with Gasteiger partial charge in [0.25, 0.3) is 5.91 Å². The average molecular weight is 308 g/mol. The number of nitrogens with zero attached hydrogens (tertiary/aromatic N) is 2. The van der Waals surface area contributed by atoms with Gasteiger partial charge in [0.1, 0.15) is 12.4 Å². The monoisotopic (exact) mass is 308 g/mol. The molecule has 1 aromatic rings. The molecule has 1 aliphatic rings. The van der Waals surface area contributed by atoms with Crippen LogP contribution < -0.4 is 0 Å². The number of amides is 2. The molecular formula is C16H21FN2O3. The third kappa shape index (κ3) is 2.97. The molecule has 1 aliphatic heterocycles. The summed E-state index contributed by atoms with van der Waals surface area (Å²) >= 11 is 0. The van der Waals surface area contributed by atoms with Crippen molar-refractivity contribution in [1.82, 2.24) is 9.80 Å². The van der Waals surface area contributed by atoms with E-state index < -0.39 is 18.0 Å². The fraction of sp³-hybridized carbons (Fsp3) is 0.500. The molecule has 1 saturated heterocycles. The predicted molar refractivity (Wildman–Crippen MR) is 79.6 cm³/mol. The van der Waals surface area contributed by atoms with E-state index in [0.717, 1.165) is 0 Å². The summed E-state index contributed by atoms with van der Waals surface area (Å²) in [5, 5.41) is 0. The van der Waals surface area contributed by atoms with Crippen LogP contribution in [0.1, 0.15) is 25.5 Å². The highest BCUT2D eigenvalue weighted by Crippen LogP contribution is 2.31. The predicted octanol–water partition coefficient (Wildman–Crippen LogP) is 1.59. The van der Waals surface area contributed by atoms with E-state index in [1.807, 2.05) is 13.8 Å². The fourth-order valence-corrected chi connectivity index (χ4v) is 2.72. The second kappa shape index (κ2) is 6.87. The Morgan fingerprint density at radius 2 is 2.00 bits per heavy atom. The normalized spacial score (nSPS) is 21.8. The molecule has 0 N–H and O–H groups in total. The molecule has 0 bridgehead atoms. The molecule has 0 saturated carbocycles. The van der Waals surface area contributed by atoms with Gasteiger partial charge in [0.15, 0.2) is 6.10 Å². The van der Waals surface area contributed by atoms with Crippen LogP contribution in [0.15, 0.2) is 24.3 Å². The third-order valence-electron chi connectivity index (χ3n) is 4.03. The van der Waals surface area contributed by atoms with Gasteiger partial charge in [0.2, 0.25) is 5.91 Å². The number of carbonyl (C=O) groups is 2. The van der Waals surface area contributed by atoms with Crippen LogP contribution in [0.25, 0.3) is 0 Å². The van der Waals surface area contributed by atoms with Crippen molar-refractivity contribution in [2.45, 2.75) is 26.0 Å². The van der Waals surface area contributed by atoms with Crippen LogP contribution in [0.5, 0.6) is 0 Å². The lowest BCUT2D eigenvalue weighted by atomic mass is 9.96. The number of likely N-dealkylation sites (N-methyl/N-ethyl adjacent to an activating group) is 2.